The highest BCUT2D eigenvalue weighted by molar-refractivity contribution is 5.95. The molecule has 0 unspecified atom stereocenters. The van der Waals surface area contributed by atoms with E-state index in [2.05, 4.69) is 35.9 Å². The number of benzene rings is 1. The number of hydrogen-bond acceptors (Lipinski definition) is 6. The Labute approximate surface area is 220 Å². The molecule has 2 fully saturated rings. The number of likely N-dealkylation sites (tertiary alicyclic amines) is 2. The molecule has 0 radical (unpaired) electrons. The van der Waals surface area contributed by atoms with Crippen LogP contribution in [0, 0.1) is 0 Å². The number of carbonyl (C=O) groups excluding carboxylic acids is 2. The molecule has 2 aliphatic heterocycles. The van der Waals surface area contributed by atoms with E-state index in [-0.39, 0.29) is 24.1 Å². The predicted octanol–water partition coefficient (Wildman–Crippen LogP) is 5.71. The fourth-order valence-electron chi connectivity index (χ4n) is 5.31. The van der Waals surface area contributed by atoms with Gasteiger partial charge in [-0.15, -0.1) is 0 Å². The maximum atomic E-state index is 12.6. The van der Waals surface area contributed by atoms with Crippen molar-refractivity contribution in [2.45, 2.75) is 90.9 Å². The van der Waals surface area contributed by atoms with Gasteiger partial charge in [-0.1, -0.05) is 0 Å². The Morgan fingerprint density at radius 2 is 1.70 bits per heavy atom. The molecule has 1 aromatic carbocycles. The second-order valence-electron chi connectivity index (χ2n) is 11.6. The van der Waals surface area contributed by atoms with E-state index < -0.39 is 5.60 Å². The van der Waals surface area contributed by atoms with Crippen molar-refractivity contribution in [1.29, 1.82) is 0 Å². The molecule has 0 spiro atoms. The lowest BCUT2D eigenvalue weighted by molar-refractivity contribution is 0.0203. The third-order valence-corrected chi connectivity index (χ3v) is 7.33. The van der Waals surface area contributed by atoms with Gasteiger partial charge in [0.1, 0.15) is 23.1 Å². The van der Waals surface area contributed by atoms with Crippen molar-refractivity contribution in [2.75, 3.05) is 32.8 Å². The fraction of sp³-hybridized carbons (Fsp3) is 0.655. The van der Waals surface area contributed by atoms with Crippen LogP contribution < -0.4 is 4.74 Å². The first-order valence-electron chi connectivity index (χ1n) is 13.8. The molecule has 2 aromatic rings. The van der Waals surface area contributed by atoms with Crippen molar-refractivity contribution in [3.05, 3.63) is 29.5 Å². The van der Waals surface area contributed by atoms with E-state index in [4.69, 9.17) is 14.2 Å². The number of aromatic nitrogens is 1. The average Bonchev–Trinajstić information content (AvgIpc) is 3.26. The van der Waals surface area contributed by atoms with Crippen molar-refractivity contribution in [3.63, 3.8) is 0 Å². The van der Waals surface area contributed by atoms with Crippen LogP contribution in [0.1, 0.15) is 89.2 Å². The van der Waals surface area contributed by atoms with E-state index in [9.17, 15) is 9.59 Å². The van der Waals surface area contributed by atoms with Crippen LogP contribution in [0.2, 0.25) is 0 Å². The number of carbonyl (C=O) groups is 2. The Hall–Kier alpha value is -2.74. The highest BCUT2D eigenvalue weighted by Crippen LogP contribution is 2.39. The van der Waals surface area contributed by atoms with E-state index >= 15 is 0 Å². The minimum Gasteiger partial charge on any atom is -0.490 e. The van der Waals surface area contributed by atoms with Gasteiger partial charge in [0.05, 0.1) is 6.61 Å². The molecule has 37 heavy (non-hydrogen) atoms. The number of hydrogen-bond donors (Lipinski definition) is 1. The molecule has 1 aromatic heterocycles. The van der Waals surface area contributed by atoms with E-state index in [0.29, 0.717) is 31.4 Å². The minimum atomic E-state index is -0.505. The molecule has 8 heteroatoms. The zero-order chi connectivity index (χ0) is 26.7. The summed E-state index contributed by atoms with van der Waals surface area (Å²) in [6.45, 7) is 15.6. The van der Waals surface area contributed by atoms with Gasteiger partial charge in [0.25, 0.3) is 0 Å². The summed E-state index contributed by atoms with van der Waals surface area (Å²) in [7, 11) is 0. The maximum absolute atomic E-state index is 12.6. The van der Waals surface area contributed by atoms with Crippen LogP contribution in [0.3, 0.4) is 0 Å². The Bertz CT molecular complexity index is 1090. The van der Waals surface area contributed by atoms with Crippen LogP contribution >= 0.6 is 0 Å². The highest BCUT2D eigenvalue weighted by atomic mass is 16.6. The standard InChI is InChI=1S/C29H43N3O5/c1-7-35-27(33)25-16-21-17-26(36-22-10-14-31(15-11-22)19(2)3)23(18-24(21)30-25)20-8-12-32(13-9-20)28(34)37-29(4,5)6/h16-20,22,30H,7-15H2,1-6H3. The van der Waals surface area contributed by atoms with Gasteiger partial charge in [0, 0.05) is 43.1 Å². The number of H-pyrrole nitrogens is 1. The van der Waals surface area contributed by atoms with Gasteiger partial charge in [-0.05, 0) is 96.9 Å². The van der Waals surface area contributed by atoms with E-state index in [1.54, 1.807) is 11.8 Å². The number of fused-ring (bicyclic) bond motifs is 1. The smallest absolute Gasteiger partial charge is 0.410 e. The molecule has 8 nitrogen and oxygen atoms in total. The zero-order valence-corrected chi connectivity index (χ0v) is 23.3. The van der Waals surface area contributed by atoms with E-state index in [0.717, 1.165) is 61.0 Å². The summed E-state index contributed by atoms with van der Waals surface area (Å²) in [5.74, 6) is 0.790. The Morgan fingerprint density at radius 3 is 2.30 bits per heavy atom. The largest absolute Gasteiger partial charge is 0.490 e. The van der Waals surface area contributed by atoms with Crippen molar-refractivity contribution in [1.82, 2.24) is 14.8 Å². The molecule has 0 saturated carbocycles. The van der Waals surface area contributed by atoms with E-state index in [1.807, 2.05) is 26.8 Å². The molecule has 1 amide bonds. The summed E-state index contributed by atoms with van der Waals surface area (Å²) in [4.78, 5) is 32.5. The van der Waals surface area contributed by atoms with Crippen LogP contribution in [-0.2, 0) is 9.47 Å². The molecule has 0 bridgehead atoms. The van der Waals surface area contributed by atoms with Gasteiger partial charge in [-0.2, -0.15) is 0 Å². The first kappa shape index (κ1) is 27.3. The lowest BCUT2D eigenvalue weighted by Crippen LogP contribution is -2.42. The van der Waals surface area contributed by atoms with Gasteiger partial charge in [0.15, 0.2) is 0 Å². The summed E-state index contributed by atoms with van der Waals surface area (Å²) >= 11 is 0. The summed E-state index contributed by atoms with van der Waals surface area (Å²) < 4.78 is 17.4. The second kappa shape index (κ2) is 11.3. The van der Waals surface area contributed by atoms with Crippen molar-refractivity contribution >= 4 is 23.0 Å². The first-order chi connectivity index (χ1) is 17.5. The Morgan fingerprint density at radius 1 is 1.03 bits per heavy atom. The third kappa shape index (κ3) is 6.78. The third-order valence-electron chi connectivity index (χ3n) is 7.33. The van der Waals surface area contributed by atoms with Crippen molar-refractivity contribution in [3.8, 4) is 5.75 Å². The molecular formula is C29H43N3O5. The molecule has 2 aliphatic rings. The van der Waals surface area contributed by atoms with Crippen LogP contribution in [0.4, 0.5) is 4.79 Å². The van der Waals surface area contributed by atoms with Crippen molar-refractivity contribution < 1.29 is 23.8 Å². The molecule has 4 rings (SSSR count). The van der Waals surface area contributed by atoms with Crippen molar-refractivity contribution in [2.24, 2.45) is 0 Å². The number of nitrogens with one attached hydrogen (secondary N) is 1. The van der Waals surface area contributed by atoms with Crippen LogP contribution in [0.5, 0.6) is 5.75 Å². The summed E-state index contributed by atoms with van der Waals surface area (Å²) in [6, 6.07) is 6.59. The summed E-state index contributed by atoms with van der Waals surface area (Å²) in [6.07, 6.45) is 3.56. The minimum absolute atomic E-state index is 0.163. The molecule has 0 atom stereocenters. The lowest BCUT2D eigenvalue weighted by atomic mass is 9.88. The molecule has 204 valence electrons. The number of ether oxygens (including phenoxy) is 3. The fourth-order valence-corrected chi connectivity index (χ4v) is 5.31. The topological polar surface area (TPSA) is 84.1 Å². The molecular weight excluding hydrogens is 470 g/mol. The van der Waals surface area contributed by atoms with Gasteiger partial charge in [0.2, 0.25) is 0 Å². The SMILES string of the molecule is CCOC(=O)c1cc2cc(OC3CCN(C(C)C)CC3)c(C3CCN(C(=O)OC(C)(C)C)CC3)cc2[nH]1. The number of aromatic amines is 1. The monoisotopic (exact) mass is 513 g/mol. The number of nitrogens with zero attached hydrogens (tertiary/aromatic N) is 2. The highest BCUT2D eigenvalue weighted by Gasteiger charge is 2.30. The second-order valence-corrected chi connectivity index (χ2v) is 11.6. The quantitative estimate of drug-likeness (QED) is 0.498. The molecule has 0 aliphatic carbocycles. The first-order valence-corrected chi connectivity index (χ1v) is 13.8. The lowest BCUT2D eigenvalue weighted by Gasteiger charge is -2.36. The van der Waals surface area contributed by atoms with Gasteiger partial charge in [-0.25, -0.2) is 9.59 Å². The number of amides is 1. The van der Waals surface area contributed by atoms with Crippen LogP contribution in [0.15, 0.2) is 18.2 Å². The predicted molar refractivity (Wildman–Crippen MR) is 144 cm³/mol. The molecule has 2 saturated heterocycles. The number of rotatable bonds is 6. The van der Waals surface area contributed by atoms with Gasteiger partial charge < -0.3 is 29.0 Å². The summed E-state index contributed by atoms with van der Waals surface area (Å²) in [5, 5.41) is 0.938. The Kier molecular flexibility index (Phi) is 8.36. The molecule has 3 heterocycles. The van der Waals surface area contributed by atoms with E-state index in [1.165, 1.54) is 0 Å². The number of esters is 1. The summed E-state index contributed by atoms with van der Waals surface area (Å²) in [5.41, 5.74) is 1.98. The zero-order valence-electron chi connectivity index (χ0n) is 23.3. The Balaban J connectivity index is 1.55. The van der Waals surface area contributed by atoms with Gasteiger partial charge in [-0.3, -0.25) is 0 Å². The molecule has 1 N–H and O–H groups in total. The van der Waals surface area contributed by atoms with Crippen LogP contribution in [-0.4, -0.2) is 77.4 Å². The van der Waals surface area contributed by atoms with Crippen LogP contribution in [0.25, 0.3) is 10.9 Å². The average molecular weight is 514 g/mol. The normalized spacial score (nSPS) is 18.4. The number of piperidine rings is 2. The maximum Gasteiger partial charge on any atom is 0.410 e. The van der Waals surface area contributed by atoms with Gasteiger partial charge >= 0.3 is 12.1 Å².